The van der Waals surface area contributed by atoms with Crippen molar-refractivity contribution in [3.63, 3.8) is 0 Å². The van der Waals surface area contributed by atoms with Crippen LogP contribution in [0, 0.1) is 0 Å². The minimum atomic E-state index is -0.627. The minimum Gasteiger partial charge on any atom is -0.508 e. The van der Waals surface area contributed by atoms with E-state index in [9.17, 15) is 14.7 Å². The lowest BCUT2D eigenvalue weighted by Gasteiger charge is -2.39. The number of rotatable bonds is 2. The van der Waals surface area contributed by atoms with Gasteiger partial charge in [-0.05, 0) is 42.2 Å². The summed E-state index contributed by atoms with van der Waals surface area (Å²) in [5.74, 6) is 0.231. The summed E-state index contributed by atoms with van der Waals surface area (Å²) < 4.78 is 0. The molecule has 2 aromatic rings. The maximum absolute atomic E-state index is 13.1. The number of anilines is 1. The van der Waals surface area contributed by atoms with Gasteiger partial charge in [0, 0.05) is 25.8 Å². The van der Waals surface area contributed by atoms with Gasteiger partial charge in [-0.25, -0.2) is 0 Å². The van der Waals surface area contributed by atoms with Crippen molar-refractivity contribution >= 4 is 17.5 Å². The zero-order valence-electron chi connectivity index (χ0n) is 14.8. The Morgan fingerprint density at radius 3 is 2.81 bits per heavy atom. The summed E-state index contributed by atoms with van der Waals surface area (Å²) in [5.41, 5.74) is 2.13. The van der Waals surface area contributed by atoms with Crippen LogP contribution in [0.1, 0.15) is 24.0 Å². The van der Waals surface area contributed by atoms with Crippen LogP contribution in [0.25, 0.3) is 0 Å². The number of amides is 2. The summed E-state index contributed by atoms with van der Waals surface area (Å²) in [6.45, 7) is 1.09. The van der Waals surface area contributed by atoms with Crippen LogP contribution >= 0.6 is 0 Å². The van der Waals surface area contributed by atoms with Crippen molar-refractivity contribution in [2.24, 2.45) is 0 Å². The fourth-order valence-electron chi connectivity index (χ4n) is 4.33. The second kappa shape index (κ2) is 6.16. The number of carbonyl (C=O) groups excluding carboxylic acids is 2. The topological polar surface area (TPSA) is 60.9 Å². The van der Waals surface area contributed by atoms with Gasteiger partial charge < -0.3 is 14.9 Å². The number of phenols is 1. The number of likely N-dealkylation sites (tertiary alicyclic amines) is 1. The normalized spacial score (nSPS) is 22.0. The SMILES string of the molecule is CN1C(=O)C2(CCCN(C(=O)Cc3cccc(O)c3)C2)c2ccccc21. The van der Waals surface area contributed by atoms with Crippen molar-refractivity contribution in [1.29, 1.82) is 0 Å². The van der Waals surface area contributed by atoms with E-state index in [1.165, 1.54) is 0 Å². The molecule has 2 aliphatic rings. The highest BCUT2D eigenvalue weighted by atomic mass is 16.3. The smallest absolute Gasteiger partial charge is 0.239 e. The number of para-hydroxylation sites is 1. The van der Waals surface area contributed by atoms with Crippen LogP contribution in [0.2, 0.25) is 0 Å². The molecule has 26 heavy (non-hydrogen) atoms. The molecule has 1 N–H and O–H groups in total. The molecule has 1 fully saturated rings. The molecule has 2 aromatic carbocycles. The molecule has 1 saturated heterocycles. The van der Waals surface area contributed by atoms with Gasteiger partial charge in [-0.15, -0.1) is 0 Å². The van der Waals surface area contributed by atoms with E-state index in [2.05, 4.69) is 0 Å². The Morgan fingerprint density at radius 2 is 2.00 bits per heavy atom. The molecule has 2 aliphatic heterocycles. The second-order valence-electron chi connectivity index (χ2n) is 7.23. The molecule has 0 bridgehead atoms. The van der Waals surface area contributed by atoms with Crippen LogP contribution in [0.4, 0.5) is 5.69 Å². The van der Waals surface area contributed by atoms with Crippen LogP contribution in [-0.2, 0) is 21.4 Å². The molecule has 5 nitrogen and oxygen atoms in total. The first-order chi connectivity index (χ1) is 12.5. The van der Waals surface area contributed by atoms with E-state index >= 15 is 0 Å². The van der Waals surface area contributed by atoms with E-state index in [0.717, 1.165) is 29.7 Å². The molecule has 0 saturated carbocycles. The van der Waals surface area contributed by atoms with E-state index in [1.807, 2.05) is 37.4 Å². The van der Waals surface area contributed by atoms with Crippen LogP contribution in [0.5, 0.6) is 5.75 Å². The minimum absolute atomic E-state index is 0.00508. The van der Waals surface area contributed by atoms with Gasteiger partial charge in [0.05, 0.1) is 11.8 Å². The fourth-order valence-corrected chi connectivity index (χ4v) is 4.33. The van der Waals surface area contributed by atoms with E-state index in [4.69, 9.17) is 0 Å². The quantitative estimate of drug-likeness (QED) is 0.905. The zero-order chi connectivity index (χ0) is 18.3. The second-order valence-corrected chi connectivity index (χ2v) is 7.23. The molecule has 2 heterocycles. The summed E-state index contributed by atoms with van der Waals surface area (Å²) in [5, 5.41) is 9.60. The predicted octanol–water partition coefficient (Wildman–Crippen LogP) is 2.47. The number of fused-ring (bicyclic) bond motifs is 2. The maximum Gasteiger partial charge on any atom is 0.239 e. The Labute approximate surface area is 152 Å². The Bertz CT molecular complexity index is 879. The van der Waals surface area contributed by atoms with Gasteiger partial charge >= 0.3 is 0 Å². The first-order valence-corrected chi connectivity index (χ1v) is 8.95. The highest BCUT2D eigenvalue weighted by Gasteiger charge is 2.52. The van der Waals surface area contributed by atoms with Gasteiger partial charge in [0.2, 0.25) is 11.8 Å². The standard InChI is InChI=1S/C21H22N2O3/c1-22-18-9-3-2-8-17(18)21(20(22)26)10-5-11-23(14-21)19(25)13-15-6-4-7-16(24)12-15/h2-4,6-9,12,24H,5,10-11,13-14H2,1H3. The lowest BCUT2D eigenvalue weighted by Crippen LogP contribution is -2.53. The molecule has 1 unspecified atom stereocenters. The third kappa shape index (κ3) is 2.55. The molecule has 4 rings (SSSR count). The average molecular weight is 350 g/mol. The van der Waals surface area contributed by atoms with Gasteiger partial charge in [0.25, 0.3) is 0 Å². The summed E-state index contributed by atoms with van der Waals surface area (Å²) in [7, 11) is 1.81. The van der Waals surface area contributed by atoms with E-state index < -0.39 is 5.41 Å². The summed E-state index contributed by atoms with van der Waals surface area (Å²) in [6.07, 6.45) is 1.80. The van der Waals surface area contributed by atoms with Crippen molar-refractivity contribution in [2.75, 3.05) is 25.0 Å². The van der Waals surface area contributed by atoms with Crippen molar-refractivity contribution in [1.82, 2.24) is 4.90 Å². The van der Waals surface area contributed by atoms with Gasteiger partial charge in [-0.3, -0.25) is 9.59 Å². The van der Waals surface area contributed by atoms with Crippen molar-refractivity contribution in [2.45, 2.75) is 24.7 Å². The molecule has 5 heteroatoms. The van der Waals surface area contributed by atoms with Gasteiger partial charge in [-0.2, -0.15) is 0 Å². The predicted molar refractivity (Wildman–Crippen MR) is 99.2 cm³/mol. The van der Waals surface area contributed by atoms with Crippen LogP contribution < -0.4 is 4.90 Å². The number of hydrogen-bond acceptors (Lipinski definition) is 3. The lowest BCUT2D eigenvalue weighted by molar-refractivity contribution is -0.135. The molecule has 0 aliphatic carbocycles. The van der Waals surface area contributed by atoms with Crippen LogP contribution in [0.15, 0.2) is 48.5 Å². The van der Waals surface area contributed by atoms with Gasteiger partial charge in [0.1, 0.15) is 5.75 Å². The molecular formula is C21H22N2O3. The van der Waals surface area contributed by atoms with Crippen LogP contribution in [-0.4, -0.2) is 42.0 Å². The Hall–Kier alpha value is -2.82. The van der Waals surface area contributed by atoms with Crippen molar-refractivity contribution in [3.05, 3.63) is 59.7 Å². The highest BCUT2D eigenvalue weighted by Crippen LogP contribution is 2.46. The largest absolute Gasteiger partial charge is 0.508 e. The van der Waals surface area contributed by atoms with Gasteiger partial charge in [0.15, 0.2) is 0 Å². The molecule has 1 spiro atoms. The Morgan fingerprint density at radius 1 is 1.19 bits per heavy atom. The number of piperidine rings is 1. The lowest BCUT2D eigenvalue weighted by atomic mass is 9.75. The molecule has 134 valence electrons. The first-order valence-electron chi connectivity index (χ1n) is 8.95. The zero-order valence-corrected chi connectivity index (χ0v) is 14.8. The summed E-state index contributed by atoms with van der Waals surface area (Å²) in [6, 6.07) is 14.7. The number of phenolic OH excluding ortho intramolecular Hbond substituents is 1. The van der Waals surface area contributed by atoms with E-state index in [0.29, 0.717) is 13.1 Å². The molecule has 0 aromatic heterocycles. The molecule has 0 radical (unpaired) electrons. The summed E-state index contributed by atoms with van der Waals surface area (Å²) in [4.78, 5) is 29.4. The number of likely N-dealkylation sites (N-methyl/N-ethyl adjacent to an activating group) is 1. The van der Waals surface area contributed by atoms with Crippen molar-refractivity contribution < 1.29 is 14.7 Å². The number of nitrogens with zero attached hydrogens (tertiary/aromatic N) is 2. The molecular weight excluding hydrogens is 328 g/mol. The van der Waals surface area contributed by atoms with E-state index in [1.54, 1.807) is 28.0 Å². The third-order valence-corrected chi connectivity index (χ3v) is 5.61. The summed E-state index contributed by atoms with van der Waals surface area (Å²) >= 11 is 0. The van der Waals surface area contributed by atoms with Crippen LogP contribution in [0.3, 0.4) is 0 Å². The maximum atomic E-state index is 13.1. The van der Waals surface area contributed by atoms with Crippen molar-refractivity contribution in [3.8, 4) is 5.75 Å². The fraction of sp³-hybridized carbons (Fsp3) is 0.333. The molecule has 1 atom stereocenters. The number of hydrogen-bond donors (Lipinski definition) is 1. The molecule has 2 amide bonds. The number of carbonyl (C=O) groups is 2. The number of aromatic hydroxyl groups is 1. The van der Waals surface area contributed by atoms with Gasteiger partial charge in [-0.1, -0.05) is 30.3 Å². The number of benzene rings is 2. The first kappa shape index (κ1) is 16.6. The Kier molecular flexibility index (Phi) is 3.94. The highest BCUT2D eigenvalue weighted by molar-refractivity contribution is 6.08. The third-order valence-electron chi connectivity index (χ3n) is 5.61. The average Bonchev–Trinajstić information content (AvgIpc) is 2.85. The van der Waals surface area contributed by atoms with E-state index in [-0.39, 0.29) is 24.0 Å². The monoisotopic (exact) mass is 350 g/mol. The Balaban J connectivity index is 1.60.